The van der Waals surface area contributed by atoms with Crippen LogP contribution in [-0.2, 0) is 0 Å². The quantitative estimate of drug-likeness (QED) is 0.592. The molecule has 0 aliphatic carbocycles. The highest BCUT2D eigenvalue weighted by Crippen LogP contribution is 2.11. The summed E-state index contributed by atoms with van der Waals surface area (Å²) in [6.45, 7) is 0. The lowest BCUT2D eigenvalue weighted by atomic mass is 10.4. The summed E-state index contributed by atoms with van der Waals surface area (Å²) < 4.78 is 8.39. The average Bonchev–Trinajstić information content (AvgIpc) is 3.03. The summed E-state index contributed by atoms with van der Waals surface area (Å²) in [7, 11) is 4.67. The largest absolute Gasteiger partial charge is 0.220 e. The van der Waals surface area contributed by atoms with E-state index in [-0.39, 0.29) is 21.7 Å². The summed E-state index contributed by atoms with van der Waals surface area (Å²) in [6, 6.07) is 3.63. The van der Waals surface area contributed by atoms with Gasteiger partial charge in [-0.15, -0.1) is 0 Å². The van der Waals surface area contributed by atoms with Crippen molar-refractivity contribution in [3.05, 3.63) is 31.0 Å². The first-order valence-electron chi connectivity index (χ1n) is 4.52. The highest BCUT2D eigenvalue weighted by Gasteiger charge is 2.07. The molecule has 0 aliphatic heterocycles. The Kier molecular flexibility index (Phi) is 5.37. The lowest BCUT2D eigenvalue weighted by Crippen LogP contribution is -1.99. The van der Waals surface area contributed by atoms with Gasteiger partial charge >= 0.3 is 0 Å². The van der Waals surface area contributed by atoms with Crippen LogP contribution in [0.3, 0.4) is 0 Å². The molecule has 0 saturated carbocycles. The summed E-state index contributed by atoms with van der Waals surface area (Å²) in [6.07, 6.45) is 0. The smallest absolute Gasteiger partial charge is 0.179 e. The highest BCUT2D eigenvalue weighted by molar-refractivity contribution is 7.66. The maximum absolute atomic E-state index is 9.10. The van der Waals surface area contributed by atoms with Crippen LogP contribution in [0.2, 0.25) is 10.3 Å². The molecule has 6 nitrogen and oxygen atoms in total. The third kappa shape index (κ3) is 3.49. The van der Waals surface area contributed by atoms with Crippen molar-refractivity contribution in [3.63, 3.8) is 0 Å². The molecule has 0 atom stereocenters. The van der Waals surface area contributed by atoms with E-state index in [0.29, 0.717) is 9.34 Å². The van der Waals surface area contributed by atoms with Gasteiger partial charge in [0.1, 0.15) is 12.1 Å². The number of allylic oxidation sites excluding steroid dienone is 2. The molecule has 0 unspecified atom stereocenters. The Balaban J connectivity index is 2.64. The Labute approximate surface area is 137 Å². The minimum Gasteiger partial charge on any atom is -0.220 e. The van der Waals surface area contributed by atoms with E-state index >= 15 is 0 Å². The van der Waals surface area contributed by atoms with Gasteiger partial charge in [-0.25, -0.2) is 9.98 Å². The molecule has 0 fully saturated rings. The van der Waals surface area contributed by atoms with Crippen molar-refractivity contribution >= 4 is 65.0 Å². The van der Waals surface area contributed by atoms with Crippen molar-refractivity contribution in [1.29, 1.82) is 10.5 Å². The van der Waals surface area contributed by atoms with Crippen LogP contribution in [0, 0.1) is 22.7 Å². The predicted molar refractivity (Wildman–Crippen MR) is 79.4 cm³/mol. The predicted octanol–water partition coefficient (Wildman–Crippen LogP) is 2.79. The fourth-order valence-electron chi connectivity index (χ4n) is 0.915. The third-order valence-electron chi connectivity index (χ3n) is 1.68. The summed E-state index contributed by atoms with van der Waals surface area (Å²) >= 11 is 11.6. The van der Waals surface area contributed by atoms with Gasteiger partial charge in [0.25, 0.3) is 0 Å². The van der Waals surface area contributed by atoms with Crippen LogP contribution in [0.4, 0.5) is 0 Å². The van der Waals surface area contributed by atoms with Crippen LogP contribution in [-0.4, -0.2) is 8.75 Å². The van der Waals surface area contributed by atoms with Crippen molar-refractivity contribution in [2.75, 3.05) is 0 Å². The molecule has 2 rings (SSSR count). The van der Waals surface area contributed by atoms with E-state index in [9.17, 15) is 0 Å². The Morgan fingerprint density at radius 1 is 0.900 bits per heavy atom. The van der Waals surface area contributed by atoms with Crippen molar-refractivity contribution in [2.45, 2.75) is 0 Å². The molecule has 2 aromatic rings. The monoisotopic (exact) mass is 378 g/mol. The van der Waals surface area contributed by atoms with Crippen molar-refractivity contribution < 1.29 is 0 Å². The average molecular weight is 379 g/mol. The number of halogens is 2. The van der Waals surface area contributed by atoms with E-state index in [2.05, 4.69) is 18.7 Å². The molecule has 100 valence electrons. The van der Waals surface area contributed by atoms with Crippen LogP contribution in [0.15, 0.2) is 21.4 Å². The van der Waals surface area contributed by atoms with Crippen LogP contribution >= 0.6 is 65.0 Å². The van der Waals surface area contributed by atoms with Crippen LogP contribution in [0.1, 0.15) is 0 Å². The fourth-order valence-corrected chi connectivity index (χ4v) is 4.87. The molecule has 0 aliphatic rings. The molecule has 0 aromatic carbocycles. The normalized spacial score (nSPS) is 13.8. The van der Waals surface area contributed by atoms with Gasteiger partial charge in [-0.05, 0) is 20.7 Å². The second kappa shape index (κ2) is 7.04. The molecule has 20 heavy (non-hydrogen) atoms. The first-order valence-corrected chi connectivity index (χ1v) is 9.49. The Morgan fingerprint density at radius 2 is 1.30 bits per heavy atom. The molecule has 2 aromatic heterocycles. The molecular formula is C8Cl2N6S4. The van der Waals surface area contributed by atoms with Gasteiger partial charge in [0, 0.05) is 21.1 Å². The number of nitrogens with zero attached hydrogens (tertiary/aromatic N) is 6. The van der Waals surface area contributed by atoms with Gasteiger partial charge in [-0.2, -0.15) is 19.3 Å². The Hall–Kier alpha value is -1.14. The van der Waals surface area contributed by atoms with Gasteiger partial charge in [0.15, 0.2) is 31.0 Å². The first-order chi connectivity index (χ1) is 9.65. The molecule has 0 N–H and O–H groups in total. The summed E-state index contributed by atoms with van der Waals surface area (Å²) in [5.41, 5.74) is -0.305. The van der Waals surface area contributed by atoms with Crippen LogP contribution in [0.25, 0.3) is 0 Å². The van der Waals surface area contributed by atoms with Crippen molar-refractivity contribution in [2.24, 2.45) is 9.98 Å². The molecule has 2 heterocycles. The zero-order valence-corrected chi connectivity index (χ0v) is 13.9. The zero-order valence-electron chi connectivity index (χ0n) is 9.07. The molecule has 0 radical (unpaired) electrons. The maximum atomic E-state index is 9.10. The standard InChI is InChI=1S/C8Cl2N6S4/c9-5-7(17-19-15-5)13-3(1-11)4(2-12)14-8-6(10)16-20-18-8/b4-3-,13-7?,14-8?. The second-order valence-electron chi connectivity index (χ2n) is 2.83. The number of nitriles is 2. The molecule has 0 bridgehead atoms. The topological polar surface area (TPSA) is 98.1 Å². The van der Waals surface area contributed by atoms with Crippen molar-refractivity contribution in [3.8, 4) is 12.1 Å². The van der Waals surface area contributed by atoms with E-state index in [1.807, 2.05) is 12.1 Å². The second-order valence-corrected chi connectivity index (χ2v) is 7.22. The summed E-state index contributed by atoms with van der Waals surface area (Å²) in [5, 5.41) is 18.6. The van der Waals surface area contributed by atoms with Gasteiger partial charge in [0.2, 0.25) is 0 Å². The Bertz CT molecular complexity index is 798. The summed E-state index contributed by atoms with van der Waals surface area (Å²) in [5.74, 6) is 0. The number of rotatable bonds is 2. The van der Waals surface area contributed by atoms with Crippen molar-refractivity contribution in [1.82, 2.24) is 8.75 Å². The molecule has 0 spiro atoms. The van der Waals surface area contributed by atoms with Crippen LogP contribution < -0.4 is 9.34 Å². The third-order valence-corrected chi connectivity index (χ3v) is 6.02. The van der Waals surface area contributed by atoms with Crippen LogP contribution in [0.5, 0.6) is 0 Å². The number of hydrogen-bond donors (Lipinski definition) is 0. The lowest BCUT2D eigenvalue weighted by Gasteiger charge is -1.89. The van der Waals surface area contributed by atoms with Gasteiger partial charge < -0.3 is 0 Å². The van der Waals surface area contributed by atoms with Gasteiger partial charge in [-0.1, -0.05) is 23.2 Å². The molecule has 0 amide bonds. The first kappa shape index (κ1) is 15.3. The van der Waals surface area contributed by atoms with Gasteiger partial charge in [0.05, 0.1) is 0 Å². The van der Waals surface area contributed by atoms with Gasteiger partial charge in [-0.3, -0.25) is 0 Å². The Morgan fingerprint density at radius 3 is 1.55 bits per heavy atom. The van der Waals surface area contributed by atoms with E-state index in [1.54, 1.807) is 0 Å². The molecule has 12 heteroatoms. The number of aromatic nitrogens is 2. The van der Waals surface area contributed by atoms with E-state index < -0.39 is 0 Å². The number of hydrogen-bond acceptors (Lipinski definition) is 10. The lowest BCUT2D eigenvalue weighted by molar-refractivity contribution is 1.19. The highest BCUT2D eigenvalue weighted by atomic mass is 35.5. The van der Waals surface area contributed by atoms with E-state index in [4.69, 9.17) is 33.7 Å². The summed E-state index contributed by atoms with van der Waals surface area (Å²) in [4.78, 5) is 8.00. The fraction of sp³-hybridized carbons (Fsp3) is 0. The minimum absolute atomic E-state index is 0.152. The zero-order chi connectivity index (χ0) is 14.5. The minimum atomic E-state index is -0.152. The molecular weight excluding hydrogens is 379 g/mol. The van der Waals surface area contributed by atoms with E-state index in [1.165, 1.54) is 20.7 Å². The van der Waals surface area contributed by atoms with E-state index in [0.717, 1.165) is 21.1 Å². The SMILES string of the molecule is N#C/C(N=c1ssnc1Cl)=C(\C#N)N=c1ssnc1Cl. The maximum Gasteiger partial charge on any atom is 0.179 e. The molecule has 0 saturated heterocycles.